The summed E-state index contributed by atoms with van der Waals surface area (Å²) in [6, 6.07) is 5.74. The lowest BCUT2D eigenvalue weighted by atomic mass is 10.2. The van der Waals surface area contributed by atoms with Crippen molar-refractivity contribution in [2.75, 3.05) is 0 Å². The molecule has 3 nitrogen and oxygen atoms in total. The second kappa shape index (κ2) is 4.35. The highest BCUT2D eigenvalue weighted by Gasteiger charge is 2.08. The summed E-state index contributed by atoms with van der Waals surface area (Å²) in [6.45, 7) is 1.99. The number of nitrogens with zero attached hydrogens (tertiary/aromatic N) is 2. The van der Waals surface area contributed by atoms with Crippen LogP contribution in [0.1, 0.15) is 11.1 Å². The molecule has 1 aromatic heterocycles. The molecule has 1 heterocycles. The molecule has 2 rings (SSSR count). The Kier molecular flexibility index (Phi) is 3.07. The zero-order chi connectivity index (χ0) is 11.7. The number of rotatable bonds is 2. The first kappa shape index (κ1) is 11.3. The Morgan fingerprint density at radius 2 is 2.25 bits per heavy atom. The van der Waals surface area contributed by atoms with Gasteiger partial charge < -0.3 is 5.73 Å². The fourth-order valence-corrected chi connectivity index (χ4v) is 1.97. The number of halogens is 1. The predicted octanol–water partition coefficient (Wildman–Crippen LogP) is 2.58. The Hall–Kier alpha value is -1.20. The van der Waals surface area contributed by atoms with E-state index < -0.39 is 0 Å². The van der Waals surface area contributed by atoms with E-state index in [9.17, 15) is 0 Å². The number of nitrogens with two attached hydrogens (primary N) is 1. The molecular formula is C11H10BrN3S. The molecule has 0 saturated heterocycles. The summed E-state index contributed by atoms with van der Waals surface area (Å²) in [5.41, 5.74) is 8.48. The average Bonchev–Trinajstić information content (AvgIpc) is 2.64. The molecule has 0 bridgehead atoms. The molecule has 16 heavy (non-hydrogen) atoms. The second-order valence-corrected chi connectivity index (χ2v) is 4.84. The summed E-state index contributed by atoms with van der Waals surface area (Å²) in [5.74, 6) is 0. The van der Waals surface area contributed by atoms with E-state index in [-0.39, 0.29) is 0 Å². The molecule has 0 amide bonds. The number of aromatic nitrogens is 2. The molecule has 0 saturated carbocycles. The van der Waals surface area contributed by atoms with E-state index in [0.29, 0.717) is 4.99 Å². The SMILES string of the molecule is Cc1cnn(-c2cc(Br)ccc2C(N)=S)c1. The molecule has 5 heteroatoms. The van der Waals surface area contributed by atoms with Gasteiger partial charge in [0.15, 0.2) is 0 Å². The third-order valence-electron chi connectivity index (χ3n) is 2.18. The van der Waals surface area contributed by atoms with Crippen LogP contribution in [-0.2, 0) is 0 Å². The number of hydrogen-bond acceptors (Lipinski definition) is 2. The van der Waals surface area contributed by atoms with Crippen molar-refractivity contribution >= 4 is 33.1 Å². The van der Waals surface area contributed by atoms with Crippen molar-refractivity contribution in [3.8, 4) is 5.69 Å². The molecule has 0 aliphatic rings. The van der Waals surface area contributed by atoms with Crippen LogP contribution in [-0.4, -0.2) is 14.8 Å². The Morgan fingerprint density at radius 1 is 1.50 bits per heavy atom. The molecular weight excluding hydrogens is 286 g/mol. The van der Waals surface area contributed by atoms with E-state index >= 15 is 0 Å². The van der Waals surface area contributed by atoms with Crippen molar-refractivity contribution in [2.45, 2.75) is 6.92 Å². The van der Waals surface area contributed by atoms with Crippen molar-refractivity contribution in [1.82, 2.24) is 9.78 Å². The Bertz CT molecular complexity index is 548. The maximum atomic E-state index is 5.68. The minimum atomic E-state index is 0.371. The van der Waals surface area contributed by atoms with Crippen molar-refractivity contribution in [3.63, 3.8) is 0 Å². The molecule has 0 aliphatic carbocycles. The first-order valence-corrected chi connectivity index (χ1v) is 5.89. The molecule has 2 N–H and O–H groups in total. The molecule has 0 spiro atoms. The van der Waals surface area contributed by atoms with E-state index in [4.69, 9.17) is 18.0 Å². The van der Waals surface area contributed by atoms with Crippen molar-refractivity contribution in [2.24, 2.45) is 5.73 Å². The van der Waals surface area contributed by atoms with E-state index in [1.807, 2.05) is 31.3 Å². The zero-order valence-electron chi connectivity index (χ0n) is 8.64. The second-order valence-electron chi connectivity index (χ2n) is 3.49. The Balaban J connectivity index is 2.62. The van der Waals surface area contributed by atoms with Gasteiger partial charge in [-0.1, -0.05) is 28.1 Å². The van der Waals surface area contributed by atoms with Crippen LogP contribution < -0.4 is 5.73 Å². The minimum absolute atomic E-state index is 0.371. The van der Waals surface area contributed by atoms with E-state index in [2.05, 4.69) is 21.0 Å². The lowest BCUT2D eigenvalue weighted by Crippen LogP contribution is -2.13. The largest absolute Gasteiger partial charge is 0.389 e. The molecule has 0 fully saturated rings. The Labute approximate surface area is 107 Å². The smallest absolute Gasteiger partial charge is 0.106 e. The van der Waals surface area contributed by atoms with Gasteiger partial charge in [0.05, 0.1) is 11.9 Å². The number of hydrogen-bond donors (Lipinski definition) is 1. The van der Waals surface area contributed by atoms with Crippen LogP contribution in [0.4, 0.5) is 0 Å². The normalized spacial score (nSPS) is 10.4. The van der Waals surface area contributed by atoms with Gasteiger partial charge in [0.1, 0.15) is 4.99 Å². The summed E-state index contributed by atoms with van der Waals surface area (Å²) in [7, 11) is 0. The van der Waals surface area contributed by atoms with Crippen LogP contribution in [0.25, 0.3) is 5.69 Å². The van der Waals surface area contributed by atoms with Gasteiger partial charge in [-0.15, -0.1) is 0 Å². The molecule has 0 atom stereocenters. The summed E-state index contributed by atoms with van der Waals surface area (Å²) in [6.07, 6.45) is 3.73. The fourth-order valence-electron chi connectivity index (χ4n) is 1.45. The van der Waals surface area contributed by atoms with Crippen molar-refractivity contribution in [3.05, 3.63) is 46.2 Å². The summed E-state index contributed by atoms with van der Waals surface area (Å²) in [5, 5.41) is 4.25. The van der Waals surface area contributed by atoms with E-state index in [0.717, 1.165) is 21.3 Å². The highest BCUT2D eigenvalue weighted by molar-refractivity contribution is 9.10. The standard InChI is InChI=1S/C11H10BrN3S/c1-7-5-14-15(6-7)10-4-8(12)2-3-9(10)11(13)16/h2-6H,1H3,(H2,13,16). The lowest BCUT2D eigenvalue weighted by Gasteiger charge is -2.08. The van der Waals surface area contributed by atoms with Gasteiger partial charge in [-0.25, -0.2) is 4.68 Å². The summed E-state index contributed by atoms with van der Waals surface area (Å²) in [4.78, 5) is 0.371. The number of benzene rings is 1. The zero-order valence-corrected chi connectivity index (χ0v) is 11.0. The van der Waals surface area contributed by atoms with Gasteiger partial charge >= 0.3 is 0 Å². The monoisotopic (exact) mass is 295 g/mol. The van der Waals surface area contributed by atoms with Crippen molar-refractivity contribution in [1.29, 1.82) is 0 Å². The molecule has 1 aromatic carbocycles. The van der Waals surface area contributed by atoms with Crippen LogP contribution in [0, 0.1) is 6.92 Å². The maximum absolute atomic E-state index is 5.68. The number of thiocarbonyl (C=S) groups is 1. The first-order valence-electron chi connectivity index (χ1n) is 4.69. The van der Waals surface area contributed by atoms with Crippen LogP contribution in [0.2, 0.25) is 0 Å². The topological polar surface area (TPSA) is 43.8 Å². The van der Waals surface area contributed by atoms with Crippen LogP contribution >= 0.6 is 28.1 Å². The van der Waals surface area contributed by atoms with Crippen LogP contribution in [0.5, 0.6) is 0 Å². The third-order valence-corrected chi connectivity index (χ3v) is 2.90. The Morgan fingerprint density at radius 3 is 2.81 bits per heavy atom. The minimum Gasteiger partial charge on any atom is -0.389 e. The van der Waals surface area contributed by atoms with Gasteiger partial charge in [0.25, 0.3) is 0 Å². The van der Waals surface area contributed by atoms with Gasteiger partial charge in [-0.2, -0.15) is 5.10 Å². The lowest BCUT2D eigenvalue weighted by molar-refractivity contribution is 0.877. The predicted molar refractivity (Wildman–Crippen MR) is 71.9 cm³/mol. The van der Waals surface area contributed by atoms with Crippen LogP contribution in [0.3, 0.4) is 0 Å². The molecule has 0 radical (unpaired) electrons. The van der Waals surface area contributed by atoms with Gasteiger partial charge in [-0.05, 0) is 30.7 Å². The number of aryl methyl sites for hydroxylation is 1. The summed E-state index contributed by atoms with van der Waals surface area (Å²) >= 11 is 8.45. The van der Waals surface area contributed by atoms with Crippen molar-refractivity contribution < 1.29 is 0 Å². The molecule has 0 unspecified atom stereocenters. The first-order chi connectivity index (χ1) is 7.58. The fraction of sp³-hybridized carbons (Fsp3) is 0.0909. The van der Waals surface area contributed by atoms with Gasteiger partial charge in [-0.3, -0.25) is 0 Å². The highest BCUT2D eigenvalue weighted by Crippen LogP contribution is 2.20. The molecule has 82 valence electrons. The average molecular weight is 296 g/mol. The molecule has 2 aromatic rings. The third kappa shape index (κ3) is 2.15. The summed E-state index contributed by atoms with van der Waals surface area (Å²) < 4.78 is 2.74. The quantitative estimate of drug-likeness (QED) is 0.866. The maximum Gasteiger partial charge on any atom is 0.106 e. The van der Waals surface area contributed by atoms with Gasteiger partial charge in [0, 0.05) is 16.2 Å². The van der Waals surface area contributed by atoms with E-state index in [1.54, 1.807) is 10.9 Å². The van der Waals surface area contributed by atoms with Crippen LogP contribution in [0.15, 0.2) is 35.1 Å². The van der Waals surface area contributed by atoms with Gasteiger partial charge in [0.2, 0.25) is 0 Å². The highest BCUT2D eigenvalue weighted by atomic mass is 79.9. The molecule has 0 aliphatic heterocycles. The van der Waals surface area contributed by atoms with E-state index in [1.165, 1.54) is 0 Å².